The number of rotatable bonds is 6. The normalized spacial score (nSPS) is 17.7. The average Bonchev–Trinajstić information content (AvgIpc) is 3.11. The van der Waals surface area contributed by atoms with Gasteiger partial charge in [-0.15, -0.1) is 11.3 Å². The molecule has 1 amide bonds. The van der Waals surface area contributed by atoms with Crippen LogP contribution in [0.4, 0.5) is 4.39 Å². The summed E-state index contributed by atoms with van der Waals surface area (Å²) < 4.78 is 14.8. The number of nitrogens with zero attached hydrogens (tertiary/aromatic N) is 2. The van der Waals surface area contributed by atoms with E-state index in [-0.39, 0.29) is 17.8 Å². The second-order valence-electron chi connectivity index (χ2n) is 6.92. The molecule has 1 atom stereocenters. The van der Waals surface area contributed by atoms with Gasteiger partial charge < -0.3 is 10.6 Å². The first kappa shape index (κ1) is 19.0. The molecule has 2 heterocycles. The number of amides is 1. The number of aromatic nitrogens is 1. The molecule has 7 heteroatoms. The number of fused-ring (bicyclic) bond motifs is 1. The van der Waals surface area contributed by atoms with Gasteiger partial charge in [-0.1, -0.05) is 24.3 Å². The predicted molar refractivity (Wildman–Crippen MR) is 110 cm³/mol. The minimum Gasteiger partial charge on any atom is -0.355 e. The third-order valence-corrected chi connectivity index (χ3v) is 6.03. The van der Waals surface area contributed by atoms with E-state index in [9.17, 15) is 9.18 Å². The van der Waals surface area contributed by atoms with Crippen molar-refractivity contribution in [2.75, 3.05) is 32.7 Å². The Morgan fingerprint density at radius 1 is 1.29 bits per heavy atom. The average molecular weight is 399 g/mol. The zero-order valence-electron chi connectivity index (χ0n) is 15.5. The number of carbonyl (C=O) groups is 1. The summed E-state index contributed by atoms with van der Waals surface area (Å²) in [5, 5.41) is 7.36. The number of carbonyl (C=O) groups excluding carboxylic acids is 1. The number of hydrogen-bond donors (Lipinski definition) is 2. The summed E-state index contributed by atoms with van der Waals surface area (Å²) >= 11 is 1.67. The molecule has 4 rings (SSSR count). The molecule has 146 valence electrons. The topological polar surface area (TPSA) is 57.3 Å². The first-order valence-electron chi connectivity index (χ1n) is 9.50. The Morgan fingerprint density at radius 2 is 2.18 bits per heavy atom. The third kappa shape index (κ3) is 4.55. The van der Waals surface area contributed by atoms with E-state index in [4.69, 9.17) is 0 Å². The highest BCUT2D eigenvalue weighted by Crippen LogP contribution is 2.23. The molecule has 0 bridgehead atoms. The molecule has 0 spiro atoms. The summed E-state index contributed by atoms with van der Waals surface area (Å²) in [6.45, 7) is 3.16. The molecule has 0 saturated carbocycles. The Kier molecular flexibility index (Phi) is 5.95. The molecule has 3 aromatic rings. The van der Waals surface area contributed by atoms with Crippen molar-refractivity contribution in [1.82, 2.24) is 20.5 Å². The third-order valence-electron chi connectivity index (χ3n) is 4.93. The maximum Gasteiger partial charge on any atom is 0.234 e. The maximum absolute atomic E-state index is 13.6. The fourth-order valence-corrected chi connectivity index (χ4v) is 4.52. The number of thiazole rings is 1. The fraction of sp³-hybridized carbons (Fsp3) is 0.333. The van der Waals surface area contributed by atoms with Crippen molar-refractivity contribution in [1.29, 1.82) is 0 Å². The summed E-state index contributed by atoms with van der Waals surface area (Å²) in [5.41, 5.74) is 1.90. The highest BCUT2D eigenvalue weighted by Gasteiger charge is 2.25. The van der Waals surface area contributed by atoms with Gasteiger partial charge in [-0.3, -0.25) is 9.69 Å². The van der Waals surface area contributed by atoms with E-state index in [1.807, 2.05) is 24.3 Å². The highest BCUT2D eigenvalue weighted by molar-refractivity contribution is 7.18. The van der Waals surface area contributed by atoms with Gasteiger partial charge in [0.1, 0.15) is 5.82 Å². The summed E-state index contributed by atoms with van der Waals surface area (Å²) in [6.07, 6.45) is 0.722. The van der Waals surface area contributed by atoms with Gasteiger partial charge in [-0.25, -0.2) is 9.37 Å². The Morgan fingerprint density at radius 3 is 3.04 bits per heavy atom. The Hall–Kier alpha value is -2.35. The summed E-state index contributed by atoms with van der Waals surface area (Å²) in [4.78, 5) is 19.2. The smallest absolute Gasteiger partial charge is 0.234 e. The lowest BCUT2D eigenvalue weighted by molar-refractivity contribution is -0.123. The molecule has 1 aromatic heterocycles. The molecule has 1 aliphatic rings. The molecule has 2 N–H and O–H groups in total. The molecule has 2 aromatic carbocycles. The van der Waals surface area contributed by atoms with Crippen molar-refractivity contribution in [3.8, 4) is 0 Å². The van der Waals surface area contributed by atoms with Crippen LogP contribution in [0.25, 0.3) is 10.2 Å². The number of nitrogens with one attached hydrogen (secondary N) is 2. The van der Waals surface area contributed by atoms with Gasteiger partial charge in [0.05, 0.1) is 21.8 Å². The van der Waals surface area contributed by atoms with E-state index in [0.717, 1.165) is 35.6 Å². The van der Waals surface area contributed by atoms with Gasteiger partial charge in [0.2, 0.25) is 5.91 Å². The van der Waals surface area contributed by atoms with Crippen LogP contribution in [-0.4, -0.2) is 48.5 Å². The minimum absolute atomic E-state index is 0.000498. The van der Waals surface area contributed by atoms with Gasteiger partial charge in [-0.2, -0.15) is 0 Å². The van der Waals surface area contributed by atoms with Crippen molar-refractivity contribution in [3.05, 3.63) is 64.9 Å². The molecule has 1 saturated heterocycles. The van der Waals surface area contributed by atoms with Crippen molar-refractivity contribution in [2.45, 2.75) is 12.5 Å². The lowest BCUT2D eigenvalue weighted by Gasteiger charge is -2.36. The Labute approximate surface area is 167 Å². The lowest BCUT2D eigenvalue weighted by Crippen LogP contribution is -2.49. The van der Waals surface area contributed by atoms with E-state index in [2.05, 4.69) is 26.6 Å². The SMILES string of the molecule is O=C(CN1CCNCC1c1cccc(F)c1)NCCc1nc2ccccc2s1. The van der Waals surface area contributed by atoms with Gasteiger partial charge in [0, 0.05) is 38.6 Å². The molecule has 1 fully saturated rings. The number of benzene rings is 2. The predicted octanol–water partition coefficient (Wildman–Crippen LogP) is 2.74. The quantitative estimate of drug-likeness (QED) is 0.670. The van der Waals surface area contributed by atoms with Gasteiger partial charge in [0.25, 0.3) is 0 Å². The second kappa shape index (κ2) is 8.77. The van der Waals surface area contributed by atoms with E-state index >= 15 is 0 Å². The maximum atomic E-state index is 13.6. The first-order valence-corrected chi connectivity index (χ1v) is 10.3. The molecule has 28 heavy (non-hydrogen) atoms. The number of piperazine rings is 1. The standard InChI is InChI=1S/C21H23FN4OS/c22-16-5-3-4-15(12-16)18-13-23-10-11-26(18)14-20(27)24-9-8-21-25-17-6-1-2-7-19(17)28-21/h1-7,12,18,23H,8-11,13-14H2,(H,24,27). The van der Waals surface area contributed by atoms with Crippen LogP contribution in [-0.2, 0) is 11.2 Å². The Bertz CT molecular complexity index is 927. The van der Waals surface area contributed by atoms with Crippen molar-refractivity contribution >= 4 is 27.5 Å². The first-order chi connectivity index (χ1) is 13.7. The lowest BCUT2D eigenvalue weighted by atomic mass is 10.0. The van der Waals surface area contributed by atoms with E-state index in [1.54, 1.807) is 23.5 Å². The van der Waals surface area contributed by atoms with Crippen LogP contribution < -0.4 is 10.6 Å². The second-order valence-corrected chi connectivity index (χ2v) is 8.04. The monoisotopic (exact) mass is 398 g/mol. The zero-order chi connectivity index (χ0) is 19.3. The molecule has 0 radical (unpaired) electrons. The molecule has 5 nitrogen and oxygen atoms in total. The molecular formula is C21H23FN4OS. The summed E-state index contributed by atoms with van der Waals surface area (Å²) in [7, 11) is 0. The Balaban J connectivity index is 1.31. The van der Waals surface area contributed by atoms with Crippen LogP contribution in [0.15, 0.2) is 48.5 Å². The number of halogens is 1. The highest BCUT2D eigenvalue weighted by atomic mass is 32.1. The molecule has 1 unspecified atom stereocenters. The molecular weight excluding hydrogens is 375 g/mol. The van der Waals surface area contributed by atoms with Crippen molar-refractivity contribution in [3.63, 3.8) is 0 Å². The van der Waals surface area contributed by atoms with Crippen LogP contribution in [0.5, 0.6) is 0 Å². The van der Waals surface area contributed by atoms with E-state index in [1.165, 1.54) is 10.8 Å². The number of para-hydroxylation sites is 1. The van der Waals surface area contributed by atoms with Crippen molar-refractivity contribution < 1.29 is 9.18 Å². The van der Waals surface area contributed by atoms with Crippen LogP contribution >= 0.6 is 11.3 Å². The summed E-state index contributed by atoms with van der Waals surface area (Å²) in [5.74, 6) is -0.257. The van der Waals surface area contributed by atoms with E-state index in [0.29, 0.717) is 19.6 Å². The van der Waals surface area contributed by atoms with Crippen LogP contribution in [0.2, 0.25) is 0 Å². The summed E-state index contributed by atoms with van der Waals surface area (Å²) in [6, 6.07) is 14.7. The fourth-order valence-electron chi connectivity index (χ4n) is 3.55. The van der Waals surface area contributed by atoms with Crippen LogP contribution in [0.1, 0.15) is 16.6 Å². The van der Waals surface area contributed by atoms with Gasteiger partial charge in [0.15, 0.2) is 0 Å². The number of hydrogen-bond acceptors (Lipinski definition) is 5. The van der Waals surface area contributed by atoms with Crippen LogP contribution in [0, 0.1) is 5.82 Å². The zero-order valence-corrected chi connectivity index (χ0v) is 16.3. The van der Waals surface area contributed by atoms with Gasteiger partial charge in [-0.05, 0) is 29.8 Å². The van der Waals surface area contributed by atoms with Gasteiger partial charge >= 0.3 is 0 Å². The minimum atomic E-state index is -0.247. The van der Waals surface area contributed by atoms with Crippen molar-refractivity contribution in [2.24, 2.45) is 0 Å². The molecule has 1 aliphatic heterocycles. The van der Waals surface area contributed by atoms with Crippen LogP contribution in [0.3, 0.4) is 0 Å². The molecule has 0 aliphatic carbocycles. The van der Waals surface area contributed by atoms with E-state index < -0.39 is 0 Å². The largest absolute Gasteiger partial charge is 0.355 e.